The van der Waals surface area contributed by atoms with Gasteiger partial charge >= 0.3 is 0 Å². The summed E-state index contributed by atoms with van der Waals surface area (Å²) in [6, 6.07) is 10.3. The molecule has 0 amide bonds. The number of hydrogen-bond acceptors (Lipinski definition) is 4. The molecule has 2 aromatic heterocycles. The molecule has 0 saturated carbocycles. The van der Waals surface area contributed by atoms with Gasteiger partial charge in [-0.3, -0.25) is 9.36 Å². The van der Waals surface area contributed by atoms with Crippen LogP contribution in [0.15, 0.2) is 40.3 Å². The van der Waals surface area contributed by atoms with E-state index < -0.39 is 0 Å². The Labute approximate surface area is 194 Å². The van der Waals surface area contributed by atoms with Crippen LogP contribution in [-0.2, 0) is 19.4 Å². The maximum Gasteiger partial charge on any atom is 0.263 e. The van der Waals surface area contributed by atoms with Crippen molar-refractivity contribution in [1.29, 1.82) is 0 Å². The molecule has 1 aliphatic rings. The first kappa shape index (κ1) is 22.6. The SMILES string of the molecule is CC(C)CCSc1nc2sc3c(c2c(=O)n1Cc1ccccc1)CC[C@H](C(C)(C)C)C3. The minimum atomic E-state index is 0.146. The quantitative estimate of drug-likeness (QED) is 0.304. The van der Waals surface area contributed by atoms with Gasteiger partial charge in [0.1, 0.15) is 4.83 Å². The minimum absolute atomic E-state index is 0.146. The van der Waals surface area contributed by atoms with Crippen LogP contribution < -0.4 is 5.56 Å². The lowest BCUT2D eigenvalue weighted by atomic mass is 9.72. The molecule has 0 unspecified atom stereocenters. The lowest BCUT2D eigenvalue weighted by Crippen LogP contribution is -2.27. The largest absolute Gasteiger partial charge is 0.283 e. The first-order valence-corrected chi connectivity index (χ1v) is 13.3. The summed E-state index contributed by atoms with van der Waals surface area (Å²) in [5, 5.41) is 1.75. The highest BCUT2D eigenvalue weighted by Gasteiger charge is 2.32. The molecule has 0 N–H and O–H groups in total. The van der Waals surface area contributed by atoms with E-state index in [1.54, 1.807) is 23.1 Å². The van der Waals surface area contributed by atoms with E-state index in [9.17, 15) is 4.79 Å². The third-order valence-electron chi connectivity index (χ3n) is 6.47. The van der Waals surface area contributed by atoms with Crippen LogP contribution in [-0.4, -0.2) is 15.3 Å². The Morgan fingerprint density at radius 1 is 1.23 bits per heavy atom. The van der Waals surface area contributed by atoms with Crippen LogP contribution in [0.3, 0.4) is 0 Å². The van der Waals surface area contributed by atoms with Gasteiger partial charge in [-0.15, -0.1) is 11.3 Å². The molecule has 0 saturated heterocycles. The highest BCUT2D eigenvalue weighted by atomic mass is 32.2. The zero-order chi connectivity index (χ0) is 22.2. The van der Waals surface area contributed by atoms with E-state index >= 15 is 0 Å². The summed E-state index contributed by atoms with van der Waals surface area (Å²) < 4.78 is 1.92. The highest BCUT2D eigenvalue weighted by Crippen LogP contribution is 2.42. The Hall–Kier alpha value is -1.59. The van der Waals surface area contributed by atoms with Gasteiger partial charge in [0.2, 0.25) is 0 Å². The van der Waals surface area contributed by atoms with Crippen molar-refractivity contribution in [3.05, 3.63) is 56.7 Å². The summed E-state index contributed by atoms with van der Waals surface area (Å²) in [5.41, 5.74) is 2.87. The van der Waals surface area contributed by atoms with Gasteiger partial charge in [0.25, 0.3) is 5.56 Å². The fraction of sp³-hybridized carbons (Fsp3) is 0.538. The van der Waals surface area contributed by atoms with Gasteiger partial charge < -0.3 is 0 Å². The Balaban J connectivity index is 1.77. The average molecular weight is 455 g/mol. The van der Waals surface area contributed by atoms with Crippen molar-refractivity contribution < 1.29 is 0 Å². The number of hydrogen-bond donors (Lipinski definition) is 0. The molecule has 3 aromatic rings. The Morgan fingerprint density at radius 2 is 1.97 bits per heavy atom. The summed E-state index contributed by atoms with van der Waals surface area (Å²) >= 11 is 3.50. The molecule has 1 aliphatic carbocycles. The van der Waals surface area contributed by atoms with Gasteiger partial charge in [0.15, 0.2) is 5.16 Å². The number of aromatic nitrogens is 2. The summed E-state index contributed by atoms with van der Waals surface area (Å²) in [4.78, 5) is 21.2. The van der Waals surface area contributed by atoms with E-state index in [4.69, 9.17) is 4.98 Å². The van der Waals surface area contributed by atoms with Gasteiger partial charge in [-0.25, -0.2) is 4.98 Å². The van der Waals surface area contributed by atoms with E-state index in [-0.39, 0.29) is 5.56 Å². The van der Waals surface area contributed by atoms with E-state index in [1.165, 1.54) is 10.4 Å². The van der Waals surface area contributed by atoms with Gasteiger partial charge in [-0.05, 0) is 54.1 Å². The molecule has 0 fully saturated rings. The molecule has 166 valence electrons. The van der Waals surface area contributed by atoms with Crippen molar-refractivity contribution in [3.63, 3.8) is 0 Å². The van der Waals surface area contributed by atoms with Crippen molar-refractivity contribution in [2.75, 3.05) is 5.75 Å². The molecular weight excluding hydrogens is 420 g/mol. The maximum absolute atomic E-state index is 13.8. The number of aryl methyl sites for hydroxylation is 1. The van der Waals surface area contributed by atoms with Gasteiger partial charge in [0, 0.05) is 10.6 Å². The molecule has 2 heterocycles. The molecule has 3 nitrogen and oxygen atoms in total. The monoisotopic (exact) mass is 454 g/mol. The van der Waals surface area contributed by atoms with Gasteiger partial charge in [-0.2, -0.15) is 0 Å². The fourth-order valence-electron chi connectivity index (χ4n) is 4.38. The van der Waals surface area contributed by atoms with Gasteiger partial charge in [-0.1, -0.05) is 76.7 Å². The summed E-state index contributed by atoms with van der Waals surface area (Å²) in [6.07, 6.45) is 4.36. The van der Waals surface area contributed by atoms with E-state index in [2.05, 4.69) is 46.8 Å². The number of benzene rings is 1. The van der Waals surface area contributed by atoms with Crippen LogP contribution in [0.5, 0.6) is 0 Å². The summed E-state index contributed by atoms with van der Waals surface area (Å²) in [6.45, 7) is 12.1. The Kier molecular flexibility index (Phi) is 6.64. The predicted molar refractivity (Wildman–Crippen MR) is 135 cm³/mol. The van der Waals surface area contributed by atoms with Crippen LogP contribution in [0.25, 0.3) is 10.2 Å². The molecule has 4 rings (SSSR count). The van der Waals surface area contributed by atoms with Gasteiger partial charge in [0.05, 0.1) is 11.9 Å². The molecule has 31 heavy (non-hydrogen) atoms. The first-order valence-electron chi connectivity index (χ1n) is 11.5. The zero-order valence-corrected chi connectivity index (χ0v) is 21.0. The molecule has 0 aliphatic heterocycles. The third-order valence-corrected chi connectivity index (χ3v) is 8.63. The number of thiophene rings is 1. The fourth-order valence-corrected chi connectivity index (χ4v) is 6.96. The van der Waals surface area contributed by atoms with Crippen molar-refractivity contribution in [1.82, 2.24) is 9.55 Å². The van der Waals surface area contributed by atoms with Crippen molar-refractivity contribution in [2.45, 2.75) is 72.0 Å². The Morgan fingerprint density at radius 3 is 2.65 bits per heavy atom. The van der Waals surface area contributed by atoms with Crippen LogP contribution in [0.2, 0.25) is 0 Å². The van der Waals surface area contributed by atoms with E-state index in [1.807, 2.05) is 22.8 Å². The lowest BCUT2D eigenvalue weighted by Gasteiger charge is -2.33. The van der Waals surface area contributed by atoms with Crippen LogP contribution in [0.4, 0.5) is 0 Å². The highest BCUT2D eigenvalue weighted by molar-refractivity contribution is 7.99. The number of thioether (sulfide) groups is 1. The molecule has 1 atom stereocenters. The summed E-state index contributed by atoms with van der Waals surface area (Å²) in [7, 11) is 0. The van der Waals surface area contributed by atoms with Crippen molar-refractivity contribution >= 4 is 33.3 Å². The predicted octanol–water partition coefficient (Wildman–Crippen LogP) is 6.80. The first-order chi connectivity index (χ1) is 14.7. The molecule has 5 heteroatoms. The molecule has 0 radical (unpaired) electrons. The topological polar surface area (TPSA) is 34.9 Å². The number of nitrogens with zero attached hydrogens (tertiary/aromatic N) is 2. The second kappa shape index (κ2) is 9.11. The molecular formula is C26H34N2OS2. The third kappa shape index (κ3) is 4.93. The van der Waals surface area contributed by atoms with Crippen molar-refractivity contribution in [3.8, 4) is 0 Å². The smallest absolute Gasteiger partial charge is 0.263 e. The molecule has 0 bridgehead atoms. The van der Waals surface area contributed by atoms with E-state index in [0.29, 0.717) is 23.8 Å². The second-order valence-corrected chi connectivity index (χ2v) is 12.4. The number of fused-ring (bicyclic) bond motifs is 3. The second-order valence-electron chi connectivity index (χ2n) is 10.3. The summed E-state index contributed by atoms with van der Waals surface area (Å²) in [5.74, 6) is 2.30. The number of rotatable bonds is 6. The van der Waals surface area contributed by atoms with Crippen LogP contribution in [0, 0.1) is 17.3 Å². The van der Waals surface area contributed by atoms with Crippen molar-refractivity contribution in [2.24, 2.45) is 17.3 Å². The van der Waals surface area contributed by atoms with Crippen LogP contribution in [0.1, 0.15) is 63.5 Å². The minimum Gasteiger partial charge on any atom is -0.283 e. The van der Waals surface area contributed by atoms with E-state index in [0.717, 1.165) is 52.4 Å². The molecule has 1 aromatic carbocycles. The lowest BCUT2D eigenvalue weighted by molar-refractivity contribution is 0.218. The molecule has 0 spiro atoms. The standard InChI is InChI=1S/C26H34N2OS2/c1-17(2)13-14-30-25-27-23-22(24(29)28(25)16-18-9-7-6-8-10-18)20-12-11-19(26(3,4)5)15-21(20)31-23/h6-10,17,19H,11-16H2,1-5H3/t19-/m0/s1. The van der Waals surface area contributed by atoms with Crippen LogP contribution >= 0.6 is 23.1 Å². The Bertz CT molecular complexity index is 1110. The zero-order valence-electron chi connectivity index (χ0n) is 19.4. The average Bonchev–Trinajstić information content (AvgIpc) is 3.08. The maximum atomic E-state index is 13.8. The normalized spacial score (nSPS) is 16.8.